The van der Waals surface area contributed by atoms with Gasteiger partial charge in [-0.3, -0.25) is 4.79 Å². The van der Waals surface area contributed by atoms with Crippen LogP contribution in [0.25, 0.3) is 11.3 Å². The second-order valence-electron chi connectivity index (χ2n) is 10.9. The summed E-state index contributed by atoms with van der Waals surface area (Å²) in [5, 5.41) is 3.03. The van der Waals surface area contributed by atoms with Crippen LogP contribution in [0, 0.1) is 12.7 Å². The molecular weight excluding hydrogens is 569 g/mol. The zero-order valence-corrected chi connectivity index (χ0v) is 25.1. The molecule has 43 heavy (non-hydrogen) atoms. The number of nitrogens with one attached hydrogen (secondary N) is 1. The van der Waals surface area contributed by atoms with E-state index in [9.17, 15) is 22.2 Å². The maximum atomic E-state index is 13.0. The molecule has 1 aliphatic heterocycles. The number of aromatic nitrogens is 1. The number of piperidine rings is 1. The predicted octanol–water partition coefficient (Wildman–Crippen LogP) is 5.94. The highest BCUT2D eigenvalue weighted by Gasteiger charge is 2.24. The number of likely N-dealkylation sites (N-methyl/N-ethyl adjacent to an activating group) is 1. The first-order valence-corrected chi connectivity index (χ1v) is 15.6. The van der Waals surface area contributed by atoms with E-state index in [1.54, 1.807) is 30.3 Å². The number of pyridine rings is 1. The molecule has 1 N–H and O–H groups in total. The Labute approximate surface area is 252 Å². The maximum absolute atomic E-state index is 13.0. The highest BCUT2D eigenvalue weighted by Crippen LogP contribution is 2.25. The molecule has 1 aromatic heterocycles. The first-order chi connectivity index (χ1) is 20.5. The van der Waals surface area contributed by atoms with Crippen molar-refractivity contribution >= 4 is 16.0 Å². The van der Waals surface area contributed by atoms with Gasteiger partial charge in [-0.05, 0) is 99.0 Å². The van der Waals surface area contributed by atoms with E-state index >= 15 is 0 Å². The SMILES string of the molecule is C[N+]1(CCNC(=O)c2cccc(-c3ccc(Oc4ccc(F)cc4)cc3)n2)CCCCC1.Cc1ccc(S(=O)(=O)[O-])cc1. The highest BCUT2D eigenvalue weighted by atomic mass is 32.2. The molecule has 1 amide bonds. The third kappa shape index (κ3) is 9.71. The molecule has 4 aromatic rings. The minimum atomic E-state index is -4.27. The van der Waals surface area contributed by atoms with E-state index in [2.05, 4.69) is 17.3 Å². The molecule has 226 valence electrons. The summed E-state index contributed by atoms with van der Waals surface area (Å²) < 4.78 is 51.0. The standard InChI is InChI=1S/C26H28FN3O2.C7H8O3S/c1-30(17-3-2-4-18-30)19-16-28-26(31)25-7-5-6-24(29-25)20-8-12-22(13-9-20)32-23-14-10-21(27)11-15-23;1-6-2-4-7(5-3-6)11(8,9)10/h5-15H,2-4,16-19H2,1H3;2-5H,1H3,(H,8,9,10). The Morgan fingerprint density at radius 2 is 1.51 bits per heavy atom. The first-order valence-electron chi connectivity index (χ1n) is 14.2. The van der Waals surface area contributed by atoms with Crippen LogP contribution in [-0.4, -0.2) is 61.6 Å². The Kier molecular flexibility index (Phi) is 10.6. The third-order valence-corrected chi connectivity index (χ3v) is 8.17. The molecule has 0 bridgehead atoms. The lowest BCUT2D eigenvalue weighted by Gasteiger charge is -2.37. The van der Waals surface area contributed by atoms with Crippen LogP contribution in [0.1, 0.15) is 35.3 Å². The van der Waals surface area contributed by atoms with Crippen molar-refractivity contribution in [1.82, 2.24) is 10.3 Å². The zero-order valence-electron chi connectivity index (χ0n) is 24.3. The molecule has 0 saturated carbocycles. The number of likely N-dealkylation sites (tertiary alicyclic amines) is 1. The summed E-state index contributed by atoms with van der Waals surface area (Å²) in [5.74, 6) is 0.761. The molecule has 0 unspecified atom stereocenters. The third-order valence-electron chi connectivity index (χ3n) is 7.32. The summed E-state index contributed by atoms with van der Waals surface area (Å²) in [6.45, 7) is 5.79. The summed E-state index contributed by atoms with van der Waals surface area (Å²) in [6, 6.07) is 24.6. The van der Waals surface area contributed by atoms with Gasteiger partial charge in [0, 0.05) is 5.56 Å². The van der Waals surface area contributed by atoms with Crippen molar-refractivity contribution in [1.29, 1.82) is 0 Å². The second-order valence-corrected chi connectivity index (χ2v) is 12.2. The number of carbonyl (C=O) groups is 1. The Hall–Kier alpha value is -4.12. The lowest BCUT2D eigenvalue weighted by atomic mass is 10.1. The quantitative estimate of drug-likeness (QED) is 0.197. The van der Waals surface area contributed by atoms with Gasteiger partial charge in [-0.25, -0.2) is 17.8 Å². The van der Waals surface area contributed by atoms with E-state index in [4.69, 9.17) is 4.74 Å². The fourth-order valence-electron chi connectivity index (χ4n) is 4.79. The number of quaternary nitrogens is 1. The predicted molar refractivity (Wildman–Crippen MR) is 162 cm³/mol. The molecule has 3 aromatic carbocycles. The normalized spacial score (nSPS) is 14.2. The molecule has 1 aliphatic rings. The minimum Gasteiger partial charge on any atom is -0.744 e. The molecule has 2 heterocycles. The van der Waals surface area contributed by atoms with Gasteiger partial charge < -0.3 is 19.1 Å². The summed E-state index contributed by atoms with van der Waals surface area (Å²) in [4.78, 5) is 17.0. The van der Waals surface area contributed by atoms with Gasteiger partial charge in [0.15, 0.2) is 0 Å². The molecule has 1 fully saturated rings. The smallest absolute Gasteiger partial charge is 0.270 e. The number of aryl methyl sites for hydroxylation is 1. The molecule has 10 heteroatoms. The number of hydrogen-bond donors (Lipinski definition) is 1. The van der Waals surface area contributed by atoms with Crippen molar-refractivity contribution in [2.75, 3.05) is 33.2 Å². The number of carbonyl (C=O) groups excluding carboxylic acids is 1. The van der Waals surface area contributed by atoms with Crippen molar-refractivity contribution < 1.29 is 31.4 Å². The number of amides is 1. The van der Waals surface area contributed by atoms with Crippen LogP contribution in [0.2, 0.25) is 0 Å². The number of rotatable bonds is 8. The van der Waals surface area contributed by atoms with Crippen molar-refractivity contribution in [2.45, 2.75) is 31.1 Å². The number of hydrogen-bond acceptors (Lipinski definition) is 6. The summed E-state index contributed by atoms with van der Waals surface area (Å²) in [6.07, 6.45) is 3.85. The molecular formula is C33H36FN3O5S. The minimum absolute atomic E-state index is 0.147. The topological polar surface area (TPSA) is 108 Å². The molecule has 0 spiro atoms. The molecule has 1 saturated heterocycles. The maximum Gasteiger partial charge on any atom is 0.270 e. The molecule has 0 radical (unpaired) electrons. The van der Waals surface area contributed by atoms with E-state index in [1.165, 1.54) is 56.6 Å². The van der Waals surface area contributed by atoms with Gasteiger partial charge in [-0.15, -0.1) is 0 Å². The van der Waals surface area contributed by atoms with Crippen LogP contribution >= 0.6 is 0 Å². The average molecular weight is 606 g/mol. The Morgan fingerprint density at radius 3 is 2.12 bits per heavy atom. The summed E-state index contributed by atoms with van der Waals surface area (Å²) in [7, 11) is -2.00. The molecule has 8 nitrogen and oxygen atoms in total. The largest absolute Gasteiger partial charge is 0.744 e. The molecule has 0 atom stereocenters. The van der Waals surface area contributed by atoms with E-state index < -0.39 is 10.1 Å². The van der Waals surface area contributed by atoms with Crippen molar-refractivity contribution in [3.63, 3.8) is 0 Å². The fourth-order valence-corrected chi connectivity index (χ4v) is 5.26. The van der Waals surface area contributed by atoms with E-state index in [0.29, 0.717) is 23.7 Å². The van der Waals surface area contributed by atoms with Crippen LogP contribution in [0.3, 0.4) is 0 Å². The fraction of sp³-hybridized carbons (Fsp3) is 0.273. The lowest BCUT2D eigenvalue weighted by molar-refractivity contribution is -0.912. The summed E-state index contributed by atoms with van der Waals surface area (Å²) in [5.41, 5.74) is 2.95. The van der Waals surface area contributed by atoms with Gasteiger partial charge in [0.25, 0.3) is 5.91 Å². The van der Waals surface area contributed by atoms with Gasteiger partial charge >= 0.3 is 0 Å². The number of nitrogens with zero attached hydrogens (tertiary/aromatic N) is 2. The van der Waals surface area contributed by atoms with E-state index in [1.807, 2.05) is 43.3 Å². The zero-order chi connectivity index (χ0) is 30.9. The number of ether oxygens (including phenoxy) is 1. The lowest BCUT2D eigenvalue weighted by Crippen LogP contribution is -2.51. The first kappa shape index (κ1) is 31.8. The van der Waals surface area contributed by atoms with Gasteiger partial charge in [0.1, 0.15) is 33.1 Å². The monoisotopic (exact) mass is 605 g/mol. The summed E-state index contributed by atoms with van der Waals surface area (Å²) >= 11 is 0. The van der Waals surface area contributed by atoms with Gasteiger partial charge in [-0.2, -0.15) is 0 Å². The second kappa shape index (κ2) is 14.4. The molecule has 5 rings (SSSR count). The van der Waals surface area contributed by atoms with Crippen molar-refractivity contribution in [3.8, 4) is 22.8 Å². The van der Waals surface area contributed by atoms with Crippen LogP contribution in [-0.2, 0) is 10.1 Å². The van der Waals surface area contributed by atoms with Crippen LogP contribution in [0.4, 0.5) is 4.39 Å². The Balaban J connectivity index is 0.000000324. The van der Waals surface area contributed by atoms with Gasteiger partial charge in [0.2, 0.25) is 0 Å². The van der Waals surface area contributed by atoms with E-state index in [0.717, 1.165) is 27.8 Å². The van der Waals surface area contributed by atoms with Crippen LogP contribution in [0.15, 0.2) is 95.9 Å². The average Bonchev–Trinajstić information content (AvgIpc) is 2.99. The Morgan fingerprint density at radius 1 is 0.907 bits per heavy atom. The Bertz CT molecular complexity index is 1600. The van der Waals surface area contributed by atoms with Crippen molar-refractivity contribution in [3.05, 3.63) is 108 Å². The number of benzene rings is 3. The van der Waals surface area contributed by atoms with Gasteiger partial charge in [-0.1, -0.05) is 23.8 Å². The van der Waals surface area contributed by atoms with Crippen LogP contribution < -0.4 is 10.1 Å². The van der Waals surface area contributed by atoms with Crippen LogP contribution in [0.5, 0.6) is 11.5 Å². The van der Waals surface area contributed by atoms with E-state index in [-0.39, 0.29) is 16.6 Å². The number of halogens is 1. The van der Waals surface area contributed by atoms with Gasteiger partial charge in [0.05, 0.1) is 43.8 Å². The van der Waals surface area contributed by atoms with Crippen molar-refractivity contribution in [2.24, 2.45) is 0 Å². The molecule has 0 aliphatic carbocycles. The highest BCUT2D eigenvalue weighted by molar-refractivity contribution is 7.85.